The first kappa shape index (κ1) is 15.7. The second-order valence-corrected chi connectivity index (χ2v) is 7.55. The van der Waals surface area contributed by atoms with E-state index in [2.05, 4.69) is 35.2 Å². The lowest BCUT2D eigenvalue weighted by Crippen LogP contribution is -2.58. The highest BCUT2D eigenvalue weighted by Crippen LogP contribution is 2.49. The van der Waals surface area contributed by atoms with Crippen molar-refractivity contribution in [1.29, 1.82) is 0 Å². The number of ether oxygens (including phenoxy) is 1. The lowest BCUT2D eigenvalue weighted by atomic mass is 9.91. The number of hydrogen-bond acceptors (Lipinski definition) is 5. The Bertz CT molecular complexity index is 871. The number of para-hydroxylation sites is 1. The molecule has 0 amide bonds. The molecule has 3 aliphatic rings. The molecule has 0 bridgehead atoms. The fraction of sp³-hybridized carbons (Fsp3) is 0.381. The number of likely N-dealkylation sites (tertiary alicyclic amines) is 1. The third kappa shape index (κ3) is 2.38. The van der Waals surface area contributed by atoms with Crippen LogP contribution >= 0.6 is 0 Å². The van der Waals surface area contributed by atoms with E-state index in [9.17, 15) is 5.11 Å². The molecule has 0 saturated carbocycles. The first-order valence-electron chi connectivity index (χ1n) is 9.27. The summed E-state index contributed by atoms with van der Waals surface area (Å²) >= 11 is 0. The summed E-state index contributed by atoms with van der Waals surface area (Å²) < 4.78 is 6.57. The largest absolute Gasteiger partial charge is 0.508 e. The second-order valence-electron chi connectivity index (χ2n) is 7.55. The van der Waals surface area contributed by atoms with Gasteiger partial charge in [-0.05, 0) is 25.2 Å². The average Bonchev–Trinajstić information content (AvgIpc) is 3.11. The molecule has 0 unspecified atom stereocenters. The van der Waals surface area contributed by atoms with Gasteiger partial charge < -0.3 is 14.7 Å². The molecule has 1 atom stereocenters. The molecule has 2 aromatic rings. The Hall–Kier alpha value is -2.53. The zero-order chi connectivity index (χ0) is 17.7. The molecule has 3 aliphatic heterocycles. The van der Waals surface area contributed by atoms with E-state index < -0.39 is 0 Å². The molecule has 134 valence electrons. The lowest BCUT2D eigenvalue weighted by Gasteiger charge is -2.50. The quantitative estimate of drug-likeness (QED) is 0.858. The second kappa shape index (κ2) is 5.74. The summed E-state index contributed by atoms with van der Waals surface area (Å²) in [6.45, 7) is 2.00. The van der Waals surface area contributed by atoms with Crippen molar-refractivity contribution in [3.05, 3.63) is 59.7 Å². The molecule has 5 heteroatoms. The minimum Gasteiger partial charge on any atom is -0.508 e. The molecule has 5 rings (SSSR count). The molecule has 1 fully saturated rings. The van der Waals surface area contributed by atoms with Crippen LogP contribution in [0.4, 0.5) is 0 Å². The number of hydrazone groups is 1. The maximum Gasteiger partial charge on any atom is 0.200 e. The molecular weight excluding hydrogens is 326 g/mol. The SMILES string of the molecule is CN1CCC2(CC1)Oc1ccccc1[C@@H]1CC(c3cccc(O)c3)=NN12. The molecule has 1 saturated heterocycles. The van der Waals surface area contributed by atoms with Crippen molar-refractivity contribution >= 4 is 5.71 Å². The number of hydrogen-bond donors (Lipinski definition) is 1. The van der Waals surface area contributed by atoms with Crippen LogP contribution < -0.4 is 4.74 Å². The number of fused-ring (bicyclic) bond motifs is 4. The van der Waals surface area contributed by atoms with Crippen LogP contribution in [0.2, 0.25) is 0 Å². The smallest absolute Gasteiger partial charge is 0.200 e. The van der Waals surface area contributed by atoms with Gasteiger partial charge in [0.05, 0.1) is 11.8 Å². The maximum absolute atomic E-state index is 9.86. The first-order chi connectivity index (χ1) is 12.6. The van der Waals surface area contributed by atoms with Gasteiger partial charge in [0.1, 0.15) is 11.5 Å². The van der Waals surface area contributed by atoms with Gasteiger partial charge in [-0.25, -0.2) is 5.01 Å². The van der Waals surface area contributed by atoms with Crippen molar-refractivity contribution in [2.45, 2.75) is 31.0 Å². The number of rotatable bonds is 1. The highest BCUT2D eigenvalue weighted by Gasteiger charge is 2.51. The van der Waals surface area contributed by atoms with Gasteiger partial charge in [-0.15, -0.1) is 0 Å². The van der Waals surface area contributed by atoms with E-state index in [0.717, 1.165) is 49.4 Å². The zero-order valence-electron chi connectivity index (χ0n) is 14.9. The highest BCUT2D eigenvalue weighted by molar-refractivity contribution is 6.02. The first-order valence-corrected chi connectivity index (χ1v) is 9.27. The Morgan fingerprint density at radius 2 is 1.92 bits per heavy atom. The summed E-state index contributed by atoms with van der Waals surface area (Å²) in [5.41, 5.74) is 2.84. The molecule has 26 heavy (non-hydrogen) atoms. The van der Waals surface area contributed by atoms with E-state index >= 15 is 0 Å². The Balaban J connectivity index is 1.58. The van der Waals surface area contributed by atoms with Gasteiger partial charge in [-0.2, -0.15) is 5.10 Å². The molecular formula is C21H23N3O2. The topological polar surface area (TPSA) is 48.3 Å². The third-order valence-corrected chi connectivity index (χ3v) is 5.85. The van der Waals surface area contributed by atoms with E-state index in [4.69, 9.17) is 9.84 Å². The standard InChI is InChI=1S/C21H23N3O2/c1-23-11-9-21(10-12-23)24-19(17-7-2-3-8-20(17)26-21)14-18(22-24)15-5-4-6-16(25)13-15/h2-8,13,19,25H,9-12,14H2,1H3/t19-/m0/s1. The Kier molecular flexibility index (Phi) is 3.47. The molecule has 0 aromatic heterocycles. The van der Waals surface area contributed by atoms with Gasteiger partial charge in [0, 0.05) is 43.5 Å². The molecule has 5 nitrogen and oxygen atoms in total. The number of benzene rings is 2. The summed E-state index contributed by atoms with van der Waals surface area (Å²) in [7, 11) is 2.16. The van der Waals surface area contributed by atoms with Crippen LogP contribution in [0.1, 0.15) is 36.4 Å². The molecule has 1 spiro atoms. The van der Waals surface area contributed by atoms with Crippen molar-refractivity contribution in [2.24, 2.45) is 5.10 Å². The Morgan fingerprint density at radius 1 is 1.12 bits per heavy atom. The van der Waals surface area contributed by atoms with E-state index in [-0.39, 0.29) is 17.5 Å². The molecule has 2 aromatic carbocycles. The predicted molar refractivity (Wildman–Crippen MR) is 100 cm³/mol. The van der Waals surface area contributed by atoms with E-state index in [0.29, 0.717) is 0 Å². The highest BCUT2D eigenvalue weighted by atomic mass is 16.5. The third-order valence-electron chi connectivity index (χ3n) is 5.85. The average molecular weight is 349 g/mol. The number of phenolic OH excluding ortho intramolecular Hbond substituents is 1. The molecule has 1 N–H and O–H groups in total. The summed E-state index contributed by atoms with van der Waals surface area (Å²) in [4.78, 5) is 2.35. The fourth-order valence-corrected chi connectivity index (χ4v) is 4.39. The Labute approximate surface area is 153 Å². The minimum atomic E-state index is -0.371. The van der Waals surface area contributed by atoms with Crippen molar-refractivity contribution in [2.75, 3.05) is 20.1 Å². The molecule has 0 radical (unpaired) electrons. The monoisotopic (exact) mass is 349 g/mol. The number of phenols is 1. The number of aromatic hydroxyl groups is 1. The summed E-state index contributed by atoms with van der Waals surface area (Å²) in [5.74, 6) is 1.27. The lowest BCUT2D eigenvalue weighted by molar-refractivity contribution is -0.147. The van der Waals surface area contributed by atoms with Gasteiger partial charge in [-0.3, -0.25) is 0 Å². The van der Waals surface area contributed by atoms with Crippen LogP contribution in [0.15, 0.2) is 53.6 Å². The van der Waals surface area contributed by atoms with Crippen molar-refractivity contribution in [3.8, 4) is 11.5 Å². The van der Waals surface area contributed by atoms with Gasteiger partial charge in [-0.1, -0.05) is 30.3 Å². The van der Waals surface area contributed by atoms with Gasteiger partial charge in [0.2, 0.25) is 5.72 Å². The maximum atomic E-state index is 9.86. The van der Waals surface area contributed by atoms with Gasteiger partial charge in [0.25, 0.3) is 0 Å². The van der Waals surface area contributed by atoms with Crippen LogP contribution in [-0.2, 0) is 0 Å². The van der Waals surface area contributed by atoms with Crippen molar-refractivity contribution < 1.29 is 9.84 Å². The Morgan fingerprint density at radius 3 is 2.73 bits per heavy atom. The number of nitrogens with zero attached hydrogens (tertiary/aromatic N) is 3. The van der Waals surface area contributed by atoms with Crippen LogP contribution in [-0.4, -0.2) is 46.6 Å². The van der Waals surface area contributed by atoms with Gasteiger partial charge >= 0.3 is 0 Å². The molecule has 0 aliphatic carbocycles. The van der Waals surface area contributed by atoms with Gasteiger partial charge in [0.15, 0.2) is 0 Å². The predicted octanol–water partition coefficient (Wildman–Crippen LogP) is 3.36. The van der Waals surface area contributed by atoms with Crippen molar-refractivity contribution in [1.82, 2.24) is 9.91 Å². The molecule has 3 heterocycles. The van der Waals surface area contributed by atoms with Crippen molar-refractivity contribution in [3.63, 3.8) is 0 Å². The minimum absolute atomic E-state index is 0.195. The fourth-order valence-electron chi connectivity index (χ4n) is 4.39. The van der Waals surface area contributed by atoms with Crippen LogP contribution in [0.25, 0.3) is 0 Å². The summed E-state index contributed by atoms with van der Waals surface area (Å²) in [6.07, 6.45) is 2.71. The number of piperidine rings is 1. The van der Waals surface area contributed by atoms with Crippen LogP contribution in [0.3, 0.4) is 0 Å². The van der Waals surface area contributed by atoms with E-state index in [1.807, 2.05) is 18.2 Å². The van der Waals surface area contributed by atoms with Crippen LogP contribution in [0, 0.1) is 0 Å². The van der Waals surface area contributed by atoms with E-state index in [1.165, 1.54) is 5.56 Å². The van der Waals surface area contributed by atoms with Crippen LogP contribution in [0.5, 0.6) is 11.5 Å². The summed E-state index contributed by atoms with van der Waals surface area (Å²) in [6, 6.07) is 15.9. The van der Waals surface area contributed by atoms with E-state index in [1.54, 1.807) is 12.1 Å². The normalized spacial score (nSPS) is 24.0. The summed E-state index contributed by atoms with van der Waals surface area (Å²) in [5, 5.41) is 17.1. The zero-order valence-corrected chi connectivity index (χ0v) is 14.9.